The van der Waals surface area contributed by atoms with Crippen molar-refractivity contribution in [1.29, 1.82) is 0 Å². The summed E-state index contributed by atoms with van der Waals surface area (Å²) in [4.78, 5) is 14.1. The Morgan fingerprint density at radius 1 is 1.37 bits per heavy atom. The number of ether oxygens (including phenoxy) is 1. The van der Waals surface area contributed by atoms with Crippen molar-refractivity contribution >= 4 is 5.97 Å². The molecule has 2 rings (SSSR count). The van der Waals surface area contributed by atoms with Crippen LogP contribution in [0.5, 0.6) is 0 Å². The van der Waals surface area contributed by atoms with E-state index < -0.39 is 0 Å². The van der Waals surface area contributed by atoms with Gasteiger partial charge >= 0.3 is 5.97 Å². The third-order valence-corrected chi connectivity index (χ3v) is 5.17. The van der Waals surface area contributed by atoms with Gasteiger partial charge in [0.2, 0.25) is 0 Å². The van der Waals surface area contributed by atoms with E-state index in [9.17, 15) is 4.79 Å². The van der Waals surface area contributed by atoms with Crippen molar-refractivity contribution in [2.24, 2.45) is 23.5 Å². The highest BCUT2D eigenvalue weighted by Gasteiger charge is 2.38. The van der Waals surface area contributed by atoms with E-state index in [-0.39, 0.29) is 11.9 Å². The van der Waals surface area contributed by atoms with E-state index in [1.807, 2.05) is 0 Å². The van der Waals surface area contributed by atoms with Crippen molar-refractivity contribution in [3.63, 3.8) is 0 Å². The molecule has 4 nitrogen and oxygen atoms in total. The molecule has 4 heteroatoms. The molecular weight excluding hydrogens is 240 g/mol. The Labute approximate surface area is 116 Å². The molecule has 0 radical (unpaired) electrons. The fraction of sp³-hybridized carbons (Fsp3) is 0.933. The molecule has 0 aromatic heterocycles. The predicted octanol–water partition coefficient (Wildman–Crippen LogP) is 1.63. The summed E-state index contributed by atoms with van der Waals surface area (Å²) in [6, 6.07) is 0.582. The van der Waals surface area contributed by atoms with Gasteiger partial charge in [0, 0.05) is 12.6 Å². The standard InChI is InChI=1S/C15H28N2O2/c1-3-11-4-5-12(9-16)14(8-11)17-7-6-13(10-17)15(18)19-2/h11-14H,3-10,16H2,1-2H3. The zero-order valence-corrected chi connectivity index (χ0v) is 12.3. The Morgan fingerprint density at radius 2 is 2.16 bits per heavy atom. The van der Waals surface area contributed by atoms with Crippen molar-refractivity contribution in [2.75, 3.05) is 26.7 Å². The lowest BCUT2D eigenvalue weighted by molar-refractivity contribution is -0.145. The second kappa shape index (κ2) is 6.71. The molecule has 1 aliphatic heterocycles. The van der Waals surface area contributed by atoms with E-state index in [2.05, 4.69) is 11.8 Å². The second-order valence-corrected chi connectivity index (χ2v) is 6.15. The molecule has 2 N–H and O–H groups in total. The SMILES string of the molecule is CCC1CCC(CN)C(N2CCC(C(=O)OC)C2)C1. The summed E-state index contributed by atoms with van der Waals surface area (Å²) in [5, 5.41) is 0. The third kappa shape index (κ3) is 3.29. The Kier molecular flexibility index (Phi) is 5.22. The lowest BCUT2D eigenvalue weighted by Crippen LogP contribution is -2.46. The maximum absolute atomic E-state index is 11.6. The summed E-state index contributed by atoms with van der Waals surface area (Å²) in [6.07, 6.45) is 6.04. The zero-order chi connectivity index (χ0) is 13.8. The quantitative estimate of drug-likeness (QED) is 0.788. The summed E-state index contributed by atoms with van der Waals surface area (Å²) in [5.41, 5.74) is 5.95. The molecule has 0 aromatic rings. The molecule has 4 atom stereocenters. The van der Waals surface area contributed by atoms with Crippen molar-refractivity contribution < 1.29 is 9.53 Å². The molecule has 0 bridgehead atoms. The Bertz CT molecular complexity index is 309. The minimum Gasteiger partial charge on any atom is -0.469 e. The van der Waals surface area contributed by atoms with Crippen LogP contribution in [0, 0.1) is 17.8 Å². The van der Waals surface area contributed by atoms with Crippen LogP contribution >= 0.6 is 0 Å². The largest absolute Gasteiger partial charge is 0.469 e. The van der Waals surface area contributed by atoms with Crippen LogP contribution in [0.4, 0.5) is 0 Å². The van der Waals surface area contributed by atoms with Crippen molar-refractivity contribution in [2.45, 2.75) is 45.1 Å². The first-order valence-corrected chi connectivity index (χ1v) is 7.71. The highest BCUT2D eigenvalue weighted by atomic mass is 16.5. The molecule has 0 aromatic carbocycles. The van der Waals surface area contributed by atoms with Gasteiger partial charge in [0.05, 0.1) is 13.0 Å². The molecule has 2 aliphatic rings. The van der Waals surface area contributed by atoms with E-state index in [0.29, 0.717) is 12.0 Å². The topological polar surface area (TPSA) is 55.6 Å². The van der Waals surface area contributed by atoms with Crippen LogP contribution in [-0.2, 0) is 9.53 Å². The van der Waals surface area contributed by atoms with Crippen LogP contribution in [0.2, 0.25) is 0 Å². The number of nitrogens with two attached hydrogens (primary N) is 1. The maximum atomic E-state index is 11.6. The number of hydrogen-bond acceptors (Lipinski definition) is 4. The van der Waals surface area contributed by atoms with Crippen LogP contribution < -0.4 is 5.73 Å². The van der Waals surface area contributed by atoms with Crippen molar-refractivity contribution in [1.82, 2.24) is 4.90 Å². The molecule has 0 amide bonds. The summed E-state index contributed by atoms with van der Waals surface area (Å²) in [6.45, 7) is 4.95. The van der Waals surface area contributed by atoms with E-state index in [1.54, 1.807) is 0 Å². The number of hydrogen-bond donors (Lipinski definition) is 1. The van der Waals surface area contributed by atoms with Crippen LogP contribution in [0.3, 0.4) is 0 Å². The first-order chi connectivity index (χ1) is 9.19. The number of carbonyl (C=O) groups excluding carboxylic acids is 1. The van der Waals surface area contributed by atoms with Gasteiger partial charge in [-0.3, -0.25) is 9.69 Å². The van der Waals surface area contributed by atoms with Gasteiger partial charge in [-0.2, -0.15) is 0 Å². The molecule has 1 heterocycles. The average Bonchev–Trinajstić information content (AvgIpc) is 2.95. The molecule has 2 fully saturated rings. The van der Waals surface area contributed by atoms with E-state index in [0.717, 1.165) is 32.0 Å². The maximum Gasteiger partial charge on any atom is 0.310 e. The van der Waals surface area contributed by atoms with Crippen LogP contribution in [0.1, 0.15) is 39.0 Å². The van der Waals surface area contributed by atoms with Gasteiger partial charge in [-0.15, -0.1) is 0 Å². The second-order valence-electron chi connectivity index (χ2n) is 6.15. The van der Waals surface area contributed by atoms with Crippen molar-refractivity contribution in [3.05, 3.63) is 0 Å². The average molecular weight is 268 g/mol. The lowest BCUT2D eigenvalue weighted by atomic mass is 9.76. The first-order valence-electron chi connectivity index (χ1n) is 7.71. The highest BCUT2D eigenvalue weighted by molar-refractivity contribution is 5.72. The minimum absolute atomic E-state index is 0.0466. The monoisotopic (exact) mass is 268 g/mol. The summed E-state index contributed by atoms with van der Waals surface area (Å²) in [7, 11) is 1.49. The third-order valence-electron chi connectivity index (χ3n) is 5.17. The van der Waals surface area contributed by atoms with Crippen molar-refractivity contribution in [3.8, 4) is 0 Å². The normalized spacial score (nSPS) is 36.4. The van der Waals surface area contributed by atoms with Gasteiger partial charge in [-0.1, -0.05) is 19.8 Å². The fourth-order valence-electron chi connectivity index (χ4n) is 3.83. The highest BCUT2D eigenvalue weighted by Crippen LogP contribution is 2.35. The zero-order valence-electron chi connectivity index (χ0n) is 12.3. The molecule has 110 valence electrons. The molecule has 4 unspecified atom stereocenters. The summed E-state index contributed by atoms with van der Waals surface area (Å²) < 4.78 is 4.87. The molecule has 1 aliphatic carbocycles. The number of methoxy groups -OCH3 is 1. The number of carbonyl (C=O) groups is 1. The molecular formula is C15H28N2O2. The van der Waals surface area contributed by atoms with Crippen LogP contribution in [-0.4, -0.2) is 43.7 Å². The van der Waals surface area contributed by atoms with E-state index in [4.69, 9.17) is 10.5 Å². The predicted molar refractivity (Wildman–Crippen MR) is 75.7 cm³/mol. The van der Waals surface area contributed by atoms with Gasteiger partial charge < -0.3 is 10.5 Å². The smallest absolute Gasteiger partial charge is 0.310 e. The van der Waals surface area contributed by atoms with Gasteiger partial charge in [-0.05, 0) is 44.2 Å². The van der Waals surface area contributed by atoms with Crippen LogP contribution in [0.15, 0.2) is 0 Å². The molecule has 0 spiro atoms. The molecule has 1 saturated carbocycles. The number of esters is 1. The number of rotatable bonds is 4. The Hall–Kier alpha value is -0.610. The van der Waals surface area contributed by atoms with Gasteiger partial charge in [0.25, 0.3) is 0 Å². The summed E-state index contributed by atoms with van der Waals surface area (Å²) >= 11 is 0. The molecule has 1 saturated heterocycles. The number of nitrogens with zero attached hydrogens (tertiary/aromatic N) is 1. The van der Waals surface area contributed by atoms with Gasteiger partial charge in [0.1, 0.15) is 0 Å². The Morgan fingerprint density at radius 3 is 2.79 bits per heavy atom. The van der Waals surface area contributed by atoms with Gasteiger partial charge in [-0.25, -0.2) is 0 Å². The van der Waals surface area contributed by atoms with Gasteiger partial charge in [0.15, 0.2) is 0 Å². The first kappa shape index (κ1) is 14.8. The fourth-order valence-corrected chi connectivity index (χ4v) is 3.83. The lowest BCUT2D eigenvalue weighted by Gasteiger charge is -2.40. The van der Waals surface area contributed by atoms with E-state index in [1.165, 1.54) is 32.8 Å². The van der Waals surface area contributed by atoms with E-state index >= 15 is 0 Å². The summed E-state index contributed by atoms with van der Waals surface area (Å²) in [5.74, 6) is 1.48. The molecule has 19 heavy (non-hydrogen) atoms. The minimum atomic E-state index is -0.0466. The Balaban J connectivity index is 1.97. The number of likely N-dealkylation sites (tertiary alicyclic amines) is 1. The van der Waals surface area contributed by atoms with Crippen LogP contribution in [0.25, 0.3) is 0 Å².